The van der Waals surface area contributed by atoms with Gasteiger partial charge in [-0.2, -0.15) is 0 Å². The minimum absolute atomic E-state index is 0.0993. The number of nitrogens with one attached hydrogen (secondary N) is 1. The monoisotopic (exact) mass is 476 g/mol. The zero-order valence-electron chi connectivity index (χ0n) is 16.6. The number of ether oxygens (including phenoxy) is 2. The molecule has 0 aliphatic rings. The molecule has 164 valence electrons. The average molecular weight is 477 g/mol. The largest absolute Gasteiger partial charge is 0.495 e. The molecule has 0 aliphatic carbocycles. The van der Waals surface area contributed by atoms with Gasteiger partial charge in [0.05, 0.1) is 12.1 Å². The van der Waals surface area contributed by atoms with E-state index in [1.54, 1.807) is 18.2 Å². The van der Waals surface area contributed by atoms with Crippen molar-refractivity contribution >= 4 is 39.1 Å². The maximum Gasteiger partial charge on any atom is 0.251 e. The van der Waals surface area contributed by atoms with Gasteiger partial charge >= 0.3 is 0 Å². The number of nitrogens with zero attached hydrogens (tertiary/aromatic N) is 1. The van der Waals surface area contributed by atoms with Crippen molar-refractivity contribution in [2.45, 2.75) is 11.0 Å². The van der Waals surface area contributed by atoms with E-state index in [9.17, 15) is 18.3 Å². The van der Waals surface area contributed by atoms with Crippen LogP contribution in [0.1, 0.15) is 10.4 Å². The summed E-state index contributed by atoms with van der Waals surface area (Å²) in [6.45, 7) is -0.262. The number of methoxy groups -OCH3 is 1. The number of carbonyl (C=O) groups excluding carboxylic acids is 1. The fraction of sp³-hybridized carbons (Fsp3) is 0.316. The molecule has 0 aromatic heterocycles. The third-order valence-corrected chi connectivity index (χ3v) is 6.67. The zero-order valence-corrected chi connectivity index (χ0v) is 18.9. The Hall–Kier alpha value is -2.04. The summed E-state index contributed by atoms with van der Waals surface area (Å²) in [7, 11) is 0.279. The van der Waals surface area contributed by atoms with E-state index in [4.69, 9.17) is 32.7 Å². The van der Waals surface area contributed by atoms with Gasteiger partial charge in [-0.15, -0.1) is 0 Å². The van der Waals surface area contributed by atoms with Crippen LogP contribution < -0.4 is 14.8 Å². The number of halogens is 2. The van der Waals surface area contributed by atoms with E-state index in [-0.39, 0.29) is 34.4 Å². The molecule has 0 aliphatic heterocycles. The van der Waals surface area contributed by atoms with Crippen LogP contribution in [-0.2, 0) is 10.0 Å². The lowest BCUT2D eigenvalue weighted by Crippen LogP contribution is -2.35. The van der Waals surface area contributed by atoms with E-state index < -0.39 is 22.0 Å². The number of sulfonamides is 1. The first-order valence-electron chi connectivity index (χ1n) is 8.71. The maximum atomic E-state index is 12.5. The molecule has 0 heterocycles. The Balaban J connectivity index is 2.03. The summed E-state index contributed by atoms with van der Waals surface area (Å²) in [5.41, 5.74) is 0.0993. The molecule has 1 amide bonds. The number of hydrogen-bond donors (Lipinski definition) is 2. The molecule has 0 radical (unpaired) electrons. The van der Waals surface area contributed by atoms with Crippen LogP contribution in [0.2, 0.25) is 10.0 Å². The summed E-state index contributed by atoms with van der Waals surface area (Å²) in [6.07, 6.45) is -1.03. The first-order valence-corrected chi connectivity index (χ1v) is 10.9. The number of carbonyl (C=O) groups is 1. The fourth-order valence-electron chi connectivity index (χ4n) is 2.37. The van der Waals surface area contributed by atoms with Gasteiger partial charge in [0.2, 0.25) is 10.0 Å². The minimum atomic E-state index is -3.82. The highest BCUT2D eigenvalue weighted by molar-refractivity contribution is 7.89. The average Bonchev–Trinajstić information content (AvgIpc) is 2.72. The van der Waals surface area contributed by atoms with Crippen molar-refractivity contribution < 1.29 is 27.8 Å². The van der Waals surface area contributed by atoms with E-state index in [1.807, 2.05) is 0 Å². The molecule has 2 aromatic carbocycles. The van der Waals surface area contributed by atoms with E-state index >= 15 is 0 Å². The summed E-state index contributed by atoms with van der Waals surface area (Å²) in [6, 6.07) is 8.90. The lowest BCUT2D eigenvalue weighted by atomic mass is 10.2. The molecule has 1 atom stereocenters. The van der Waals surface area contributed by atoms with Crippen molar-refractivity contribution in [1.82, 2.24) is 9.62 Å². The van der Waals surface area contributed by atoms with Gasteiger partial charge < -0.3 is 19.9 Å². The summed E-state index contributed by atoms with van der Waals surface area (Å²) in [5, 5.41) is 13.1. The normalized spacial score (nSPS) is 12.5. The standard InChI is InChI=1S/C19H22Cl2N2O6S/c1-23(2)30(26,27)17-9-12(7-8-15(17)28-3)19(25)22-10-13(24)11-29-16-6-4-5-14(20)18(16)21/h4-9,13,24H,10-11H2,1-3H3,(H,22,25). The molecular weight excluding hydrogens is 455 g/mol. The second-order valence-electron chi connectivity index (χ2n) is 6.38. The van der Waals surface area contributed by atoms with E-state index in [0.29, 0.717) is 10.8 Å². The second kappa shape index (κ2) is 10.3. The number of hydrogen-bond acceptors (Lipinski definition) is 6. The van der Waals surface area contributed by atoms with Crippen LogP contribution in [0.4, 0.5) is 0 Å². The van der Waals surface area contributed by atoms with Crippen LogP contribution in [0.3, 0.4) is 0 Å². The third-order valence-electron chi connectivity index (χ3n) is 4.03. The van der Waals surface area contributed by atoms with Crippen LogP contribution >= 0.6 is 23.2 Å². The van der Waals surface area contributed by atoms with Gasteiger partial charge in [-0.3, -0.25) is 4.79 Å². The van der Waals surface area contributed by atoms with Crippen molar-refractivity contribution in [3.63, 3.8) is 0 Å². The summed E-state index contributed by atoms with van der Waals surface area (Å²) in [5.74, 6) is -0.136. The number of aliphatic hydroxyl groups is 1. The van der Waals surface area contributed by atoms with Crippen LogP contribution in [0, 0.1) is 0 Å². The Bertz CT molecular complexity index is 1010. The van der Waals surface area contributed by atoms with Crippen LogP contribution in [0.25, 0.3) is 0 Å². The van der Waals surface area contributed by atoms with Gasteiger partial charge in [0.25, 0.3) is 5.91 Å². The number of benzene rings is 2. The number of amides is 1. The highest BCUT2D eigenvalue weighted by Gasteiger charge is 2.24. The van der Waals surface area contributed by atoms with Crippen LogP contribution in [-0.4, -0.2) is 64.2 Å². The van der Waals surface area contributed by atoms with Gasteiger partial charge in [-0.25, -0.2) is 12.7 Å². The molecule has 8 nitrogen and oxygen atoms in total. The molecule has 0 bridgehead atoms. The van der Waals surface area contributed by atoms with Gasteiger partial charge in [0.15, 0.2) is 0 Å². The SMILES string of the molecule is COc1ccc(C(=O)NCC(O)COc2cccc(Cl)c2Cl)cc1S(=O)(=O)N(C)C. The minimum Gasteiger partial charge on any atom is -0.495 e. The summed E-state index contributed by atoms with van der Waals surface area (Å²) < 4.78 is 36.5. The molecule has 0 saturated carbocycles. The van der Waals surface area contributed by atoms with Gasteiger partial charge in [0, 0.05) is 26.2 Å². The molecule has 1 unspecified atom stereocenters. The maximum absolute atomic E-state index is 12.5. The summed E-state index contributed by atoms with van der Waals surface area (Å²) in [4.78, 5) is 12.3. The quantitative estimate of drug-likeness (QED) is 0.575. The predicted octanol–water partition coefficient (Wildman–Crippen LogP) is 2.42. The van der Waals surface area contributed by atoms with E-state index in [2.05, 4.69) is 5.32 Å². The van der Waals surface area contributed by atoms with E-state index in [1.165, 1.54) is 39.4 Å². The number of rotatable bonds is 9. The molecule has 2 N–H and O–H groups in total. The predicted molar refractivity (Wildman–Crippen MR) is 114 cm³/mol. The molecule has 11 heteroatoms. The lowest BCUT2D eigenvalue weighted by Gasteiger charge is -2.16. The van der Waals surface area contributed by atoms with Crippen molar-refractivity contribution in [3.8, 4) is 11.5 Å². The Kier molecular flexibility index (Phi) is 8.34. The van der Waals surface area contributed by atoms with Crippen LogP contribution in [0.15, 0.2) is 41.3 Å². The zero-order chi connectivity index (χ0) is 22.5. The summed E-state index contributed by atoms with van der Waals surface area (Å²) >= 11 is 11.9. The van der Waals surface area contributed by atoms with Gasteiger partial charge in [-0.1, -0.05) is 29.3 Å². The Morgan fingerprint density at radius 3 is 2.53 bits per heavy atom. The van der Waals surface area contributed by atoms with Crippen molar-refractivity contribution in [2.24, 2.45) is 0 Å². The first kappa shape index (κ1) is 24.2. The highest BCUT2D eigenvalue weighted by atomic mass is 35.5. The molecule has 0 saturated heterocycles. The fourth-order valence-corrected chi connectivity index (χ4v) is 3.79. The smallest absolute Gasteiger partial charge is 0.251 e. The topological polar surface area (TPSA) is 105 Å². The Labute approximate surface area is 185 Å². The second-order valence-corrected chi connectivity index (χ2v) is 9.29. The molecule has 2 aromatic rings. The van der Waals surface area contributed by atoms with Gasteiger partial charge in [0.1, 0.15) is 34.1 Å². The van der Waals surface area contributed by atoms with Crippen molar-refractivity contribution in [3.05, 3.63) is 52.0 Å². The van der Waals surface area contributed by atoms with E-state index in [0.717, 1.165) is 4.31 Å². The van der Waals surface area contributed by atoms with Gasteiger partial charge in [-0.05, 0) is 30.3 Å². The lowest BCUT2D eigenvalue weighted by molar-refractivity contribution is 0.0843. The first-order chi connectivity index (χ1) is 14.1. The highest BCUT2D eigenvalue weighted by Crippen LogP contribution is 2.31. The number of aliphatic hydroxyl groups excluding tert-OH is 1. The third kappa shape index (κ3) is 5.77. The van der Waals surface area contributed by atoms with Crippen molar-refractivity contribution in [1.29, 1.82) is 0 Å². The molecule has 0 fully saturated rings. The van der Waals surface area contributed by atoms with Crippen LogP contribution in [0.5, 0.6) is 11.5 Å². The molecular formula is C19H22Cl2N2O6S. The molecule has 30 heavy (non-hydrogen) atoms. The molecule has 0 spiro atoms. The molecule has 2 rings (SSSR count). The Morgan fingerprint density at radius 2 is 1.90 bits per heavy atom. The van der Waals surface area contributed by atoms with Crippen molar-refractivity contribution in [2.75, 3.05) is 34.4 Å². The Morgan fingerprint density at radius 1 is 1.20 bits per heavy atom.